The molecule has 0 aliphatic rings. The van der Waals surface area contributed by atoms with Gasteiger partial charge in [0.25, 0.3) is 6.33 Å². The van der Waals surface area contributed by atoms with Crippen molar-refractivity contribution in [2.24, 2.45) is 0 Å². The van der Waals surface area contributed by atoms with Crippen LogP contribution in [-0.2, 0) is 42.7 Å². The van der Waals surface area contributed by atoms with Crippen molar-refractivity contribution in [3.63, 3.8) is 0 Å². The molecule has 0 spiro atoms. The number of aromatic nitrogens is 4. The number of hydrogen-bond donors (Lipinski definition) is 0. The maximum Gasteiger partial charge on any atom is 0.268 e. The van der Waals surface area contributed by atoms with Gasteiger partial charge in [-0.05, 0) is 153 Å². The fraction of sp³-hybridized carbons (Fsp3) is 0.195. The van der Waals surface area contributed by atoms with Crippen LogP contribution < -0.4 is 9.30 Å². The Balaban J connectivity index is 0.00000965. The Morgan fingerprint density at radius 3 is 1.69 bits per heavy atom. The Labute approximate surface area is 552 Å². The molecule has 0 fully saturated rings. The molecule has 0 N–H and O–H groups in total. The summed E-state index contributed by atoms with van der Waals surface area (Å²) in [5, 5.41) is 1.99. The zero-order chi connectivity index (χ0) is 71.9. The van der Waals surface area contributed by atoms with Gasteiger partial charge in [-0.2, -0.15) is 18.2 Å². The van der Waals surface area contributed by atoms with Gasteiger partial charge in [0.05, 0.1) is 34.5 Å². The molecule has 13 rings (SSSR count). The molecule has 440 valence electrons. The summed E-state index contributed by atoms with van der Waals surface area (Å²) in [6.45, 7) is 25.5. The Kier molecular flexibility index (Phi) is 11.9. The van der Waals surface area contributed by atoms with Crippen LogP contribution >= 0.6 is 0 Å². The normalized spacial score (nSPS) is 14.3. The summed E-state index contributed by atoms with van der Waals surface area (Å²) in [5.41, 5.74) is 7.47. The van der Waals surface area contributed by atoms with Crippen LogP contribution in [0, 0.1) is 18.5 Å². The molecule has 10 aromatic carbocycles. The molecule has 88 heavy (non-hydrogen) atoms. The molecule has 3 aromatic heterocycles. The monoisotopic (exact) mass is 1340 g/mol. The van der Waals surface area contributed by atoms with Gasteiger partial charge in [0.1, 0.15) is 5.82 Å². The van der Waals surface area contributed by atoms with Gasteiger partial charge in [-0.25, -0.2) is 4.98 Å². The number of ether oxygens (including phenoxy) is 1. The Morgan fingerprint density at radius 1 is 0.443 bits per heavy atom. The summed E-state index contributed by atoms with van der Waals surface area (Å²) in [5.74, 6) is 1.51. The van der Waals surface area contributed by atoms with Crippen molar-refractivity contribution < 1.29 is 48.2 Å². The summed E-state index contributed by atoms with van der Waals surface area (Å²) >= 11 is 0. The third kappa shape index (κ3) is 11.6. The predicted octanol–water partition coefficient (Wildman–Crippen LogP) is 21.1. The minimum Gasteiger partial charge on any atom is -0.510 e. The average molecular weight is 1340 g/mol. The van der Waals surface area contributed by atoms with Crippen molar-refractivity contribution in [3.05, 3.63) is 271 Å². The van der Waals surface area contributed by atoms with Crippen molar-refractivity contribution in [1.82, 2.24) is 14.1 Å². The standard InChI is InChI=1S/C82H74N4O.Pt/c1-79(2,3)62-36-33-56(34-37-62)57-35-40-74-76(47-57)84(66-29-22-30-67(51-66)87-68-38-39-70-69-31-19-20-32-73(69)86(75(70)52-68)77-50-64(41-42-83-77)81(7,8)9)53-85(74)78-71(58-27-21-28-63(46-58)80(4,5)6)48-65(82(10,11)12)49-72(78)61-44-59(54-23-15-13-16-24-54)43-60(45-61)55-25-17-14-18-26-55;/h13-50H,1-12H3;/q-2;/i13D,14D,15D,16D,17D,18D,23D,24D,25D,26D,43D,44D,45D;. The molecule has 0 radical (unpaired) electrons. The van der Waals surface area contributed by atoms with Crippen molar-refractivity contribution in [1.29, 1.82) is 0 Å². The van der Waals surface area contributed by atoms with Crippen molar-refractivity contribution in [2.75, 3.05) is 0 Å². The van der Waals surface area contributed by atoms with Gasteiger partial charge in [0.2, 0.25) is 0 Å². The second-order valence-corrected chi connectivity index (χ2v) is 26.4. The largest absolute Gasteiger partial charge is 0.510 e. The SMILES string of the molecule is [2H]c1c([2H])c([2H])c(-c2c([2H])c(-c3cc(C(C)(C)C)cc(-c4cccc(C(C)(C)C)c4)c3-[n+]3[c-]n(-c4[c-]c(Oc5[c-]c6c(cc5)c5ccccc5n6-c5cc(C(C)(C)C)ccn5)ccc4)c4cc(-c5ccc(C(C)(C)C)cc5)ccc43)c([2H])c(-c3c([2H])c([2H])c([2H])c([2H])c3[2H])c2[2H])c([2H])c1[2H].[Pt]. The first-order chi connectivity index (χ1) is 47.0. The van der Waals surface area contributed by atoms with Gasteiger partial charge < -0.3 is 13.9 Å². The Bertz CT molecular complexity index is 5400. The van der Waals surface area contributed by atoms with Gasteiger partial charge in [-0.3, -0.25) is 4.57 Å². The van der Waals surface area contributed by atoms with Crippen molar-refractivity contribution in [3.8, 4) is 84.3 Å². The summed E-state index contributed by atoms with van der Waals surface area (Å²) in [6, 6.07) is 46.2. The first kappa shape index (κ1) is 45.4. The first-order valence-electron chi connectivity index (χ1n) is 35.9. The number of para-hydroxylation sites is 1. The van der Waals surface area contributed by atoms with Crippen molar-refractivity contribution in [2.45, 2.75) is 105 Å². The molecule has 0 unspecified atom stereocenters. The van der Waals surface area contributed by atoms with Gasteiger partial charge >= 0.3 is 0 Å². The molecule has 0 aliphatic heterocycles. The molecular formula is C82H74N4OPt-2. The van der Waals surface area contributed by atoms with E-state index in [2.05, 4.69) is 152 Å². The fourth-order valence-corrected chi connectivity index (χ4v) is 11.2. The van der Waals surface area contributed by atoms with Crippen LogP contribution in [0.3, 0.4) is 0 Å². The fourth-order valence-electron chi connectivity index (χ4n) is 11.2. The molecule has 0 atom stereocenters. The molecular weight excluding hydrogens is 1250 g/mol. The van der Waals surface area contributed by atoms with E-state index in [1.807, 2.05) is 115 Å². The summed E-state index contributed by atoms with van der Waals surface area (Å²) < 4.78 is 134. The number of hydrogen-bond acceptors (Lipinski definition) is 2. The van der Waals surface area contributed by atoms with E-state index in [1.165, 1.54) is 0 Å². The zero-order valence-electron chi connectivity index (χ0n) is 64.4. The van der Waals surface area contributed by atoms with Gasteiger partial charge in [-0.15, -0.1) is 29.7 Å². The predicted molar refractivity (Wildman–Crippen MR) is 362 cm³/mol. The van der Waals surface area contributed by atoms with Crippen LogP contribution in [0.5, 0.6) is 11.5 Å². The van der Waals surface area contributed by atoms with E-state index in [-0.39, 0.29) is 48.4 Å². The second-order valence-electron chi connectivity index (χ2n) is 26.4. The van der Waals surface area contributed by atoms with Gasteiger partial charge in [0, 0.05) is 44.3 Å². The third-order valence-electron chi connectivity index (χ3n) is 16.1. The van der Waals surface area contributed by atoms with E-state index in [0.29, 0.717) is 39.5 Å². The smallest absolute Gasteiger partial charge is 0.268 e. The molecule has 0 saturated carbocycles. The number of pyridine rings is 1. The van der Waals surface area contributed by atoms with Crippen LogP contribution in [-0.4, -0.2) is 14.1 Å². The third-order valence-corrected chi connectivity index (χ3v) is 16.1. The summed E-state index contributed by atoms with van der Waals surface area (Å²) in [4.78, 5) is 4.89. The van der Waals surface area contributed by atoms with E-state index >= 15 is 0 Å². The molecule has 6 heteroatoms. The number of imidazole rings is 1. The van der Waals surface area contributed by atoms with Gasteiger partial charge in [0.15, 0.2) is 0 Å². The van der Waals surface area contributed by atoms with E-state index in [0.717, 1.165) is 66.6 Å². The molecule has 0 saturated heterocycles. The van der Waals surface area contributed by atoms with Crippen LogP contribution in [0.4, 0.5) is 0 Å². The van der Waals surface area contributed by atoms with E-state index in [4.69, 9.17) is 17.9 Å². The molecule has 0 aliphatic carbocycles. The number of rotatable bonds is 10. The summed E-state index contributed by atoms with van der Waals surface area (Å²) in [6.07, 6.45) is 5.59. The molecule has 5 nitrogen and oxygen atoms in total. The van der Waals surface area contributed by atoms with Crippen LogP contribution in [0.1, 0.15) is 123 Å². The van der Waals surface area contributed by atoms with E-state index in [9.17, 15) is 9.60 Å². The Morgan fingerprint density at radius 2 is 1.03 bits per heavy atom. The number of benzene rings is 10. The average Bonchev–Trinajstić information content (AvgIpc) is 1.37. The first-order valence-corrected chi connectivity index (χ1v) is 29.4. The summed E-state index contributed by atoms with van der Waals surface area (Å²) in [7, 11) is 0. The minimum atomic E-state index is -0.751. The maximum atomic E-state index is 10.6. The topological polar surface area (TPSA) is 35.9 Å². The number of fused-ring (bicyclic) bond motifs is 4. The minimum absolute atomic E-state index is 0. The molecule has 0 amide bonds. The number of nitrogens with zero attached hydrogens (tertiary/aromatic N) is 4. The van der Waals surface area contributed by atoms with Gasteiger partial charge in [-0.1, -0.05) is 240 Å². The molecule has 13 aromatic rings. The van der Waals surface area contributed by atoms with Crippen LogP contribution in [0.15, 0.2) is 230 Å². The van der Waals surface area contributed by atoms with Crippen LogP contribution in [0.25, 0.3) is 106 Å². The maximum absolute atomic E-state index is 10.6. The second kappa shape index (κ2) is 23.0. The molecule has 3 heterocycles. The van der Waals surface area contributed by atoms with Crippen molar-refractivity contribution >= 4 is 32.8 Å². The quantitative estimate of drug-likeness (QED) is 0.101. The van der Waals surface area contributed by atoms with Crippen LogP contribution in [0.2, 0.25) is 0 Å². The zero-order valence-corrected chi connectivity index (χ0v) is 53.7. The van der Waals surface area contributed by atoms with E-state index in [1.54, 1.807) is 0 Å². The Hall–Kier alpha value is -8.89. The molecule has 0 bridgehead atoms. The van der Waals surface area contributed by atoms with E-state index < -0.39 is 106 Å².